The maximum Gasteiger partial charge on any atom is 0.317 e. The second kappa shape index (κ2) is 8.14. The normalized spacial score (nSPS) is 11.5. The van der Waals surface area contributed by atoms with E-state index in [0.29, 0.717) is 11.3 Å². The van der Waals surface area contributed by atoms with Crippen molar-refractivity contribution in [1.29, 1.82) is 0 Å². The van der Waals surface area contributed by atoms with E-state index in [1.54, 1.807) is 31.2 Å². The van der Waals surface area contributed by atoms with Crippen molar-refractivity contribution in [3.8, 4) is 5.75 Å². The summed E-state index contributed by atoms with van der Waals surface area (Å²) in [5.41, 5.74) is 1.57. The van der Waals surface area contributed by atoms with E-state index < -0.39 is 4.92 Å². The molecule has 0 aliphatic carbocycles. The molecule has 0 radical (unpaired) electrons. The molecule has 1 N–H and O–H groups in total. The van der Waals surface area contributed by atoms with Crippen molar-refractivity contribution in [2.75, 3.05) is 14.2 Å². The van der Waals surface area contributed by atoms with E-state index in [9.17, 15) is 14.9 Å². The number of para-hydroxylation sites is 1. The number of hydrogen-bond donors (Lipinski definition) is 1. The zero-order valence-electron chi connectivity index (χ0n) is 14.4. The van der Waals surface area contributed by atoms with E-state index in [4.69, 9.17) is 4.74 Å². The summed E-state index contributed by atoms with van der Waals surface area (Å²) in [6.45, 7) is 2.12. The van der Waals surface area contributed by atoms with Crippen molar-refractivity contribution in [1.82, 2.24) is 10.2 Å². The number of benzene rings is 2. The minimum atomic E-state index is -0.457. The third-order valence-corrected chi connectivity index (χ3v) is 4.06. The zero-order chi connectivity index (χ0) is 18.4. The molecule has 25 heavy (non-hydrogen) atoms. The summed E-state index contributed by atoms with van der Waals surface area (Å²) in [7, 11) is 3.29. The van der Waals surface area contributed by atoms with Gasteiger partial charge in [0.1, 0.15) is 5.75 Å². The molecule has 0 heterocycles. The van der Waals surface area contributed by atoms with Crippen LogP contribution in [0.4, 0.5) is 10.5 Å². The number of urea groups is 1. The molecule has 2 amide bonds. The second-order valence-electron chi connectivity index (χ2n) is 5.61. The van der Waals surface area contributed by atoms with Gasteiger partial charge in [0.05, 0.1) is 18.1 Å². The van der Waals surface area contributed by atoms with Crippen molar-refractivity contribution in [2.45, 2.75) is 19.5 Å². The molecule has 0 bridgehead atoms. The smallest absolute Gasteiger partial charge is 0.317 e. The van der Waals surface area contributed by atoms with Gasteiger partial charge in [-0.1, -0.05) is 30.3 Å². The average molecular weight is 343 g/mol. The fourth-order valence-electron chi connectivity index (χ4n) is 2.48. The van der Waals surface area contributed by atoms with Crippen molar-refractivity contribution in [3.05, 3.63) is 69.8 Å². The monoisotopic (exact) mass is 343 g/mol. The lowest BCUT2D eigenvalue weighted by Gasteiger charge is -2.26. The van der Waals surface area contributed by atoms with Gasteiger partial charge < -0.3 is 15.0 Å². The van der Waals surface area contributed by atoms with Gasteiger partial charge in [0.25, 0.3) is 5.69 Å². The van der Waals surface area contributed by atoms with Gasteiger partial charge in [0.15, 0.2) is 0 Å². The van der Waals surface area contributed by atoms with Crippen LogP contribution in [0, 0.1) is 10.1 Å². The quantitative estimate of drug-likeness (QED) is 0.642. The van der Waals surface area contributed by atoms with Gasteiger partial charge in [-0.25, -0.2) is 4.79 Å². The Morgan fingerprint density at radius 2 is 2.00 bits per heavy atom. The average Bonchev–Trinajstić information content (AvgIpc) is 2.65. The minimum Gasteiger partial charge on any atom is -0.496 e. The van der Waals surface area contributed by atoms with E-state index in [2.05, 4.69) is 5.32 Å². The predicted octanol–water partition coefficient (Wildman–Crippen LogP) is 3.51. The first kappa shape index (κ1) is 18.3. The molecule has 7 heteroatoms. The van der Waals surface area contributed by atoms with Crippen LogP contribution in [0.1, 0.15) is 24.1 Å². The number of amides is 2. The van der Waals surface area contributed by atoms with Crippen LogP contribution in [0.5, 0.6) is 5.75 Å². The van der Waals surface area contributed by atoms with Gasteiger partial charge in [-0.05, 0) is 18.6 Å². The van der Waals surface area contributed by atoms with Gasteiger partial charge in [-0.3, -0.25) is 10.1 Å². The van der Waals surface area contributed by atoms with Crippen molar-refractivity contribution < 1.29 is 14.5 Å². The summed E-state index contributed by atoms with van der Waals surface area (Å²) in [5.74, 6) is 0.716. The van der Waals surface area contributed by atoms with Crippen molar-refractivity contribution in [3.63, 3.8) is 0 Å². The van der Waals surface area contributed by atoms with Crippen molar-refractivity contribution >= 4 is 11.7 Å². The number of nitrogens with one attached hydrogen (secondary N) is 1. The largest absolute Gasteiger partial charge is 0.496 e. The third kappa shape index (κ3) is 4.47. The van der Waals surface area contributed by atoms with Gasteiger partial charge >= 0.3 is 6.03 Å². The number of carbonyl (C=O) groups excluding carboxylic acids is 1. The van der Waals surface area contributed by atoms with Gasteiger partial charge in [0, 0.05) is 31.3 Å². The van der Waals surface area contributed by atoms with Crippen LogP contribution in [0.3, 0.4) is 0 Å². The summed E-state index contributed by atoms with van der Waals surface area (Å²) in [4.78, 5) is 24.3. The van der Waals surface area contributed by atoms with Crippen LogP contribution < -0.4 is 10.1 Å². The molecule has 2 aromatic carbocycles. The lowest BCUT2D eigenvalue weighted by molar-refractivity contribution is -0.384. The zero-order valence-corrected chi connectivity index (χ0v) is 14.4. The highest BCUT2D eigenvalue weighted by molar-refractivity contribution is 5.74. The molecular formula is C18H21N3O4. The Hall–Kier alpha value is -3.09. The summed E-state index contributed by atoms with van der Waals surface area (Å²) in [5, 5.41) is 13.6. The molecule has 0 aliphatic rings. The minimum absolute atomic E-state index is 0.00231. The number of carbonyl (C=O) groups is 1. The van der Waals surface area contributed by atoms with Crippen LogP contribution in [0.25, 0.3) is 0 Å². The van der Waals surface area contributed by atoms with Crippen LogP contribution >= 0.6 is 0 Å². The molecule has 132 valence electrons. The summed E-state index contributed by atoms with van der Waals surface area (Å²) in [6.07, 6.45) is 0. The van der Waals surface area contributed by atoms with E-state index in [1.807, 2.05) is 31.2 Å². The Balaban J connectivity index is 2.02. The fourth-order valence-corrected chi connectivity index (χ4v) is 2.48. The Morgan fingerprint density at radius 1 is 1.28 bits per heavy atom. The summed E-state index contributed by atoms with van der Waals surface area (Å²) in [6, 6.07) is 13.3. The maximum absolute atomic E-state index is 12.4. The van der Waals surface area contributed by atoms with E-state index in [0.717, 1.165) is 5.56 Å². The highest BCUT2D eigenvalue weighted by Gasteiger charge is 2.20. The van der Waals surface area contributed by atoms with Crippen LogP contribution in [-0.4, -0.2) is 30.0 Å². The number of hydrogen-bond acceptors (Lipinski definition) is 4. The first-order valence-corrected chi connectivity index (χ1v) is 7.81. The number of rotatable bonds is 6. The summed E-state index contributed by atoms with van der Waals surface area (Å²) < 4.78 is 5.34. The molecule has 0 aromatic heterocycles. The van der Waals surface area contributed by atoms with Crippen LogP contribution in [-0.2, 0) is 6.54 Å². The molecular weight excluding hydrogens is 322 g/mol. The first-order valence-electron chi connectivity index (χ1n) is 7.81. The highest BCUT2D eigenvalue weighted by Crippen LogP contribution is 2.28. The maximum atomic E-state index is 12.4. The second-order valence-corrected chi connectivity index (χ2v) is 5.61. The van der Waals surface area contributed by atoms with Crippen molar-refractivity contribution in [2.24, 2.45) is 0 Å². The molecule has 1 atom stereocenters. The Kier molecular flexibility index (Phi) is 5.94. The van der Waals surface area contributed by atoms with Crippen LogP contribution in [0.15, 0.2) is 48.5 Å². The van der Waals surface area contributed by atoms with Gasteiger partial charge in [-0.2, -0.15) is 0 Å². The number of methoxy groups -OCH3 is 1. The molecule has 0 aliphatic heterocycles. The highest BCUT2D eigenvalue weighted by atomic mass is 16.6. The SMILES string of the molecule is COc1ccccc1C(C)N(C)C(=O)NCc1cccc([N+](=O)[O-])c1. The molecule has 2 rings (SSSR count). The van der Waals surface area contributed by atoms with E-state index in [1.165, 1.54) is 12.1 Å². The number of nitro groups is 1. The lowest BCUT2D eigenvalue weighted by Crippen LogP contribution is -2.38. The number of nitrogens with zero attached hydrogens (tertiary/aromatic N) is 2. The third-order valence-electron chi connectivity index (χ3n) is 4.06. The topological polar surface area (TPSA) is 84.7 Å². The number of ether oxygens (including phenoxy) is 1. The standard InChI is InChI=1S/C18H21N3O4/c1-13(16-9-4-5-10-17(16)25-3)20(2)18(22)19-12-14-7-6-8-15(11-14)21(23)24/h4-11,13H,12H2,1-3H3,(H,19,22). The predicted molar refractivity (Wildman–Crippen MR) is 94.5 cm³/mol. The fraction of sp³-hybridized carbons (Fsp3) is 0.278. The number of nitro benzene ring substituents is 1. The molecule has 7 nitrogen and oxygen atoms in total. The van der Waals surface area contributed by atoms with Crippen LogP contribution in [0.2, 0.25) is 0 Å². The van der Waals surface area contributed by atoms with E-state index in [-0.39, 0.29) is 24.3 Å². The lowest BCUT2D eigenvalue weighted by atomic mass is 10.1. The summed E-state index contributed by atoms with van der Waals surface area (Å²) >= 11 is 0. The van der Waals surface area contributed by atoms with Gasteiger partial charge in [-0.15, -0.1) is 0 Å². The molecule has 0 spiro atoms. The molecule has 1 unspecified atom stereocenters. The molecule has 0 fully saturated rings. The van der Waals surface area contributed by atoms with E-state index >= 15 is 0 Å². The Bertz CT molecular complexity index is 763. The molecule has 0 saturated heterocycles. The molecule has 0 saturated carbocycles. The van der Waals surface area contributed by atoms with Gasteiger partial charge in [0.2, 0.25) is 0 Å². The Labute approximate surface area is 146 Å². The Morgan fingerprint density at radius 3 is 2.68 bits per heavy atom. The first-order chi connectivity index (χ1) is 11.9. The number of non-ortho nitro benzene ring substituents is 1. The molecule has 2 aromatic rings.